The maximum atomic E-state index is 12.0. The number of aromatic nitrogens is 2. The molecule has 10 heteroatoms. The summed E-state index contributed by atoms with van der Waals surface area (Å²) in [6, 6.07) is 8.81. The van der Waals surface area contributed by atoms with Gasteiger partial charge in [0.15, 0.2) is 0 Å². The number of carbonyl (C=O) groups excluding carboxylic acids is 1. The molecule has 2 aliphatic heterocycles. The van der Waals surface area contributed by atoms with Crippen LogP contribution in [0.5, 0.6) is 0 Å². The fraction of sp³-hybridized carbons (Fsp3) is 0.500. The van der Waals surface area contributed by atoms with Crippen molar-refractivity contribution < 1.29 is 19.4 Å². The number of carbonyl (C=O) groups is 2. The lowest BCUT2D eigenvalue weighted by molar-refractivity contribution is 0.103. The number of cyclic esters (lactones) is 1. The Hall–Kier alpha value is -3.40. The number of hydrogen-bond donors (Lipinski definition) is 2. The minimum atomic E-state index is -0.828. The van der Waals surface area contributed by atoms with E-state index in [0.717, 1.165) is 30.5 Å². The van der Waals surface area contributed by atoms with Gasteiger partial charge in [0.1, 0.15) is 12.4 Å². The van der Waals surface area contributed by atoms with Gasteiger partial charge >= 0.3 is 12.2 Å². The van der Waals surface area contributed by atoms with Crippen LogP contribution in [0.15, 0.2) is 30.5 Å². The van der Waals surface area contributed by atoms with Crippen LogP contribution in [-0.2, 0) is 17.9 Å². The highest BCUT2D eigenvalue weighted by Crippen LogP contribution is 2.27. The fourth-order valence-corrected chi connectivity index (χ4v) is 4.49. The summed E-state index contributed by atoms with van der Waals surface area (Å²) < 4.78 is 5.15. The molecule has 0 radical (unpaired) electrons. The molecule has 2 aromatic rings. The van der Waals surface area contributed by atoms with Gasteiger partial charge in [-0.3, -0.25) is 9.80 Å². The van der Waals surface area contributed by atoms with Crippen molar-refractivity contribution in [3.8, 4) is 0 Å². The number of hydrogen-bond acceptors (Lipinski definition) is 7. The highest BCUT2D eigenvalue weighted by atomic mass is 16.6. The van der Waals surface area contributed by atoms with Crippen LogP contribution in [0, 0.1) is 0 Å². The van der Waals surface area contributed by atoms with E-state index in [4.69, 9.17) is 9.84 Å². The van der Waals surface area contributed by atoms with E-state index < -0.39 is 6.09 Å². The number of piperidine rings is 1. The number of rotatable bonds is 7. The number of amides is 2. The first-order valence-electron chi connectivity index (χ1n) is 11.7. The molecule has 1 saturated heterocycles. The van der Waals surface area contributed by atoms with Crippen LogP contribution in [0.4, 0.5) is 21.4 Å². The monoisotopic (exact) mass is 468 g/mol. The molecule has 0 spiro atoms. The van der Waals surface area contributed by atoms with Crippen molar-refractivity contribution in [1.29, 1.82) is 0 Å². The molecule has 3 heterocycles. The first-order valence-corrected chi connectivity index (χ1v) is 11.7. The van der Waals surface area contributed by atoms with E-state index in [2.05, 4.69) is 51.5 Å². The Morgan fingerprint density at radius 3 is 2.65 bits per heavy atom. The molecule has 10 nitrogen and oxygen atoms in total. The molecule has 0 unspecified atom stereocenters. The number of anilines is 2. The molecule has 2 N–H and O–H groups in total. The van der Waals surface area contributed by atoms with E-state index >= 15 is 0 Å². The Morgan fingerprint density at radius 2 is 2.00 bits per heavy atom. The Labute approximate surface area is 199 Å². The van der Waals surface area contributed by atoms with Gasteiger partial charge in [-0.2, -0.15) is 4.98 Å². The molecule has 2 aliphatic rings. The summed E-state index contributed by atoms with van der Waals surface area (Å²) in [6.45, 7) is 6.60. The van der Waals surface area contributed by atoms with Crippen LogP contribution in [0.25, 0.3) is 0 Å². The SMILES string of the molecule is CCN1C(=O)OCc2cnc(N[C@@H](C)c3ccc(CN(C)C4CCN(C(=O)O)CC4)cc3)nc21. The van der Waals surface area contributed by atoms with Crippen LogP contribution in [0.3, 0.4) is 0 Å². The number of ether oxygens (including phenoxy) is 1. The van der Waals surface area contributed by atoms with Crippen LogP contribution in [0.1, 0.15) is 49.4 Å². The lowest BCUT2D eigenvalue weighted by atomic mass is 10.0. The minimum absolute atomic E-state index is 0.0178. The lowest BCUT2D eigenvalue weighted by Crippen LogP contribution is -2.44. The normalized spacial score (nSPS) is 17.4. The van der Waals surface area contributed by atoms with Gasteiger partial charge in [0.25, 0.3) is 0 Å². The Balaban J connectivity index is 1.35. The summed E-state index contributed by atoms with van der Waals surface area (Å²) in [4.78, 5) is 37.4. The van der Waals surface area contributed by atoms with Gasteiger partial charge in [-0.15, -0.1) is 0 Å². The summed E-state index contributed by atoms with van der Waals surface area (Å²) in [5.74, 6) is 1.06. The molecule has 182 valence electrons. The average Bonchev–Trinajstić information content (AvgIpc) is 2.84. The van der Waals surface area contributed by atoms with Crippen molar-refractivity contribution >= 4 is 24.0 Å². The third-order valence-corrected chi connectivity index (χ3v) is 6.60. The summed E-state index contributed by atoms with van der Waals surface area (Å²) >= 11 is 0. The Kier molecular flexibility index (Phi) is 7.16. The van der Waals surface area contributed by atoms with Gasteiger partial charge in [0.2, 0.25) is 5.95 Å². The highest BCUT2D eigenvalue weighted by molar-refractivity contribution is 5.89. The Bertz CT molecular complexity index is 1020. The quantitative estimate of drug-likeness (QED) is 0.633. The number of carboxylic acid groups (broad SMARTS) is 1. The van der Waals surface area contributed by atoms with Crippen molar-refractivity contribution in [1.82, 2.24) is 19.8 Å². The molecule has 0 aliphatic carbocycles. The first-order chi connectivity index (χ1) is 16.4. The van der Waals surface area contributed by atoms with E-state index in [1.54, 1.807) is 6.20 Å². The molecule has 1 aromatic carbocycles. The molecule has 0 saturated carbocycles. The van der Waals surface area contributed by atoms with Gasteiger partial charge in [-0.1, -0.05) is 24.3 Å². The topological polar surface area (TPSA) is 111 Å². The largest absolute Gasteiger partial charge is 0.465 e. The summed E-state index contributed by atoms with van der Waals surface area (Å²) in [6.07, 6.45) is 2.20. The number of fused-ring (bicyclic) bond motifs is 1. The molecule has 1 fully saturated rings. The fourth-order valence-electron chi connectivity index (χ4n) is 4.49. The zero-order valence-electron chi connectivity index (χ0n) is 19.9. The number of nitrogens with one attached hydrogen (secondary N) is 1. The van der Waals surface area contributed by atoms with Crippen molar-refractivity contribution in [3.05, 3.63) is 47.2 Å². The second-order valence-corrected chi connectivity index (χ2v) is 8.86. The van der Waals surface area contributed by atoms with Crippen molar-refractivity contribution in [2.75, 3.05) is 36.9 Å². The number of likely N-dealkylation sites (tertiary alicyclic amines) is 1. The molecule has 2 amide bonds. The van der Waals surface area contributed by atoms with Crippen molar-refractivity contribution in [3.63, 3.8) is 0 Å². The lowest BCUT2D eigenvalue weighted by Gasteiger charge is -2.35. The third kappa shape index (κ3) is 5.22. The van der Waals surface area contributed by atoms with E-state index in [-0.39, 0.29) is 18.7 Å². The van der Waals surface area contributed by atoms with Crippen LogP contribution < -0.4 is 10.2 Å². The first kappa shape index (κ1) is 23.7. The van der Waals surface area contributed by atoms with Gasteiger partial charge < -0.3 is 20.1 Å². The number of nitrogens with zero attached hydrogens (tertiary/aromatic N) is 5. The zero-order chi connectivity index (χ0) is 24.2. The van der Waals surface area contributed by atoms with Crippen LogP contribution in [0.2, 0.25) is 0 Å². The molecular weight excluding hydrogens is 436 g/mol. The predicted octanol–water partition coefficient (Wildman–Crippen LogP) is 3.70. The average molecular weight is 469 g/mol. The Morgan fingerprint density at radius 1 is 1.29 bits per heavy atom. The highest BCUT2D eigenvalue weighted by Gasteiger charge is 2.27. The van der Waals surface area contributed by atoms with E-state index in [9.17, 15) is 9.59 Å². The predicted molar refractivity (Wildman–Crippen MR) is 128 cm³/mol. The molecule has 0 bridgehead atoms. The second kappa shape index (κ2) is 10.3. The van der Waals surface area contributed by atoms with Gasteiger partial charge in [-0.05, 0) is 44.9 Å². The minimum Gasteiger partial charge on any atom is -0.465 e. The van der Waals surface area contributed by atoms with Crippen LogP contribution >= 0.6 is 0 Å². The van der Waals surface area contributed by atoms with Gasteiger partial charge in [0.05, 0.1) is 11.6 Å². The maximum Gasteiger partial charge on any atom is 0.415 e. The molecule has 1 atom stereocenters. The number of benzene rings is 1. The maximum absolute atomic E-state index is 12.0. The van der Waals surface area contributed by atoms with E-state index in [1.165, 1.54) is 15.4 Å². The van der Waals surface area contributed by atoms with Gasteiger partial charge in [-0.25, -0.2) is 14.6 Å². The van der Waals surface area contributed by atoms with Gasteiger partial charge in [0, 0.05) is 38.4 Å². The molecule has 4 rings (SSSR count). The standard InChI is InChI=1S/C24H32N6O4/c1-4-30-21-19(15-34-24(30)33)13-25-22(27-21)26-16(2)18-7-5-17(6-8-18)14-28(3)20-9-11-29(12-10-20)23(31)32/h5-8,13,16,20H,4,9-12,14-15H2,1-3H3,(H,31,32)(H,25,26,27)/t16-/m0/s1. The molecule has 1 aromatic heterocycles. The zero-order valence-corrected chi connectivity index (χ0v) is 19.9. The molecule has 34 heavy (non-hydrogen) atoms. The summed E-state index contributed by atoms with van der Waals surface area (Å²) in [5, 5.41) is 12.5. The summed E-state index contributed by atoms with van der Waals surface area (Å²) in [7, 11) is 2.10. The van der Waals surface area contributed by atoms with Crippen molar-refractivity contribution in [2.24, 2.45) is 0 Å². The third-order valence-electron chi connectivity index (χ3n) is 6.60. The van der Waals surface area contributed by atoms with E-state index in [0.29, 0.717) is 37.4 Å². The smallest absolute Gasteiger partial charge is 0.415 e. The second-order valence-electron chi connectivity index (χ2n) is 8.86. The summed E-state index contributed by atoms with van der Waals surface area (Å²) in [5.41, 5.74) is 3.11. The van der Waals surface area contributed by atoms with E-state index in [1.807, 2.05) is 13.8 Å². The van der Waals surface area contributed by atoms with Crippen LogP contribution in [-0.4, -0.2) is 69.8 Å². The molecular formula is C24H32N6O4. The van der Waals surface area contributed by atoms with Crippen molar-refractivity contribution in [2.45, 2.75) is 51.9 Å².